The van der Waals surface area contributed by atoms with E-state index in [1.165, 1.54) is 17.5 Å². The van der Waals surface area contributed by atoms with Gasteiger partial charge in [0.1, 0.15) is 5.75 Å². The Morgan fingerprint density at radius 2 is 2.15 bits per heavy atom. The van der Waals surface area contributed by atoms with Gasteiger partial charge in [-0.25, -0.2) is 0 Å². The minimum absolute atomic E-state index is 0.494. The topological polar surface area (TPSA) is 9.23 Å². The van der Waals surface area contributed by atoms with Gasteiger partial charge in [0.05, 0.1) is 6.61 Å². The second-order valence-corrected chi connectivity index (χ2v) is 3.20. The lowest BCUT2D eigenvalue weighted by Gasteiger charge is -2.08. The molecule has 1 aromatic carbocycles. The van der Waals surface area contributed by atoms with E-state index < -0.39 is 0 Å². The molecule has 0 aromatic heterocycles. The van der Waals surface area contributed by atoms with Gasteiger partial charge in [-0.3, -0.25) is 0 Å². The van der Waals surface area contributed by atoms with E-state index in [-0.39, 0.29) is 0 Å². The lowest BCUT2D eigenvalue weighted by atomic mass is 10.1. The molecule has 0 spiro atoms. The molecular weight excluding hydrogens is 160 g/mol. The van der Waals surface area contributed by atoms with Crippen molar-refractivity contribution in [3.8, 4) is 5.75 Å². The summed E-state index contributed by atoms with van der Waals surface area (Å²) in [6.45, 7) is 8.42. The van der Waals surface area contributed by atoms with Crippen molar-refractivity contribution >= 4 is 0 Å². The summed E-state index contributed by atoms with van der Waals surface area (Å²) < 4.78 is 5.36. The van der Waals surface area contributed by atoms with Gasteiger partial charge in [-0.1, -0.05) is 25.5 Å². The second-order valence-electron chi connectivity index (χ2n) is 3.20. The maximum atomic E-state index is 5.36. The highest BCUT2D eigenvalue weighted by Gasteiger charge is 1.99. The number of aryl methyl sites for hydroxylation is 2. The summed E-state index contributed by atoms with van der Waals surface area (Å²) in [4.78, 5) is 0. The maximum absolute atomic E-state index is 5.36. The van der Waals surface area contributed by atoms with Crippen LogP contribution in [-0.2, 0) is 6.42 Å². The van der Waals surface area contributed by atoms with Crippen LogP contribution in [0.15, 0.2) is 18.2 Å². The first-order valence-corrected chi connectivity index (χ1v) is 4.79. The molecule has 1 radical (unpaired) electrons. The molecule has 0 bridgehead atoms. The van der Waals surface area contributed by atoms with Gasteiger partial charge in [0.2, 0.25) is 0 Å². The molecule has 0 aliphatic carbocycles. The highest BCUT2D eigenvalue weighted by Crippen LogP contribution is 2.19. The van der Waals surface area contributed by atoms with E-state index in [0.717, 1.165) is 12.2 Å². The summed E-state index contributed by atoms with van der Waals surface area (Å²) in [5, 5.41) is 0. The fraction of sp³-hybridized carbons (Fsp3) is 0.417. The minimum atomic E-state index is 0.494. The third-order valence-electron chi connectivity index (χ3n) is 2.04. The van der Waals surface area contributed by atoms with Gasteiger partial charge < -0.3 is 4.74 Å². The Hall–Kier alpha value is -0.980. The molecule has 0 N–H and O–H groups in total. The molecule has 71 valence electrons. The van der Waals surface area contributed by atoms with E-state index >= 15 is 0 Å². The normalized spacial score (nSPS) is 10.1. The van der Waals surface area contributed by atoms with Crippen molar-refractivity contribution in [2.24, 2.45) is 0 Å². The summed E-state index contributed by atoms with van der Waals surface area (Å²) >= 11 is 0. The van der Waals surface area contributed by atoms with Gasteiger partial charge >= 0.3 is 0 Å². The van der Waals surface area contributed by atoms with Crippen molar-refractivity contribution in [2.75, 3.05) is 6.61 Å². The van der Waals surface area contributed by atoms with E-state index in [4.69, 9.17) is 4.74 Å². The molecule has 1 nitrogen and oxygen atoms in total. The van der Waals surface area contributed by atoms with Crippen LogP contribution < -0.4 is 4.74 Å². The zero-order chi connectivity index (χ0) is 9.68. The first-order valence-electron chi connectivity index (χ1n) is 4.79. The first-order chi connectivity index (χ1) is 6.27. The number of ether oxygens (including phenoxy) is 1. The summed E-state index contributed by atoms with van der Waals surface area (Å²) in [7, 11) is 0. The average molecular weight is 177 g/mol. The molecular formula is C12H17O. The van der Waals surface area contributed by atoms with Gasteiger partial charge in [-0.05, 0) is 37.5 Å². The van der Waals surface area contributed by atoms with Gasteiger partial charge in [-0.2, -0.15) is 0 Å². The zero-order valence-corrected chi connectivity index (χ0v) is 8.47. The molecule has 0 aliphatic heterocycles. The lowest BCUT2D eigenvalue weighted by Crippen LogP contribution is -1.95. The average Bonchev–Trinajstić information content (AvgIpc) is 2.10. The highest BCUT2D eigenvalue weighted by molar-refractivity contribution is 5.36. The summed E-state index contributed by atoms with van der Waals surface area (Å²) in [5.74, 6) is 0.954. The Morgan fingerprint density at radius 1 is 1.38 bits per heavy atom. The molecule has 0 fully saturated rings. The Balaban J connectivity index is 2.79. The van der Waals surface area contributed by atoms with Crippen molar-refractivity contribution in [3.63, 3.8) is 0 Å². The predicted molar refractivity (Wildman–Crippen MR) is 56.0 cm³/mol. The van der Waals surface area contributed by atoms with E-state index in [9.17, 15) is 0 Å². The first kappa shape index (κ1) is 10.1. The van der Waals surface area contributed by atoms with Crippen LogP contribution >= 0.6 is 0 Å². The molecule has 0 atom stereocenters. The van der Waals surface area contributed by atoms with Crippen LogP contribution in [0.4, 0.5) is 0 Å². The van der Waals surface area contributed by atoms with Crippen molar-refractivity contribution < 1.29 is 4.74 Å². The number of hydrogen-bond acceptors (Lipinski definition) is 1. The smallest absolute Gasteiger partial charge is 0.122 e. The maximum Gasteiger partial charge on any atom is 0.122 e. The molecule has 0 heterocycles. The third kappa shape index (κ3) is 2.76. The quantitative estimate of drug-likeness (QED) is 0.686. The van der Waals surface area contributed by atoms with Crippen molar-refractivity contribution in [2.45, 2.75) is 26.7 Å². The molecule has 1 rings (SSSR count). The second kappa shape index (κ2) is 4.90. The van der Waals surface area contributed by atoms with Crippen molar-refractivity contribution in [1.29, 1.82) is 0 Å². The van der Waals surface area contributed by atoms with Gasteiger partial charge in [-0.15, -0.1) is 0 Å². The highest BCUT2D eigenvalue weighted by atomic mass is 16.5. The van der Waals surface area contributed by atoms with Gasteiger partial charge in [0, 0.05) is 0 Å². The monoisotopic (exact) mass is 177 g/mol. The standard InChI is InChI=1S/C12H17O/c1-4-6-11-7-8-12(13-5-2)10(3)9-11/h7-9H,2,4-6H2,1,3H3. The van der Waals surface area contributed by atoms with E-state index in [0.29, 0.717) is 6.61 Å². The fourth-order valence-corrected chi connectivity index (χ4v) is 1.43. The van der Waals surface area contributed by atoms with Crippen LogP contribution in [0.25, 0.3) is 0 Å². The SMILES string of the molecule is [CH2]COc1ccc(CCC)cc1C. The molecule has 1 heteroatoms. The Morgan fingerprint density at radius 3 is 2.69 bits per heavy atom. The number of benzene rings is 1. The Bertz CT molecular complexity index is 266. The molecule has 13 heavy (non-hydrogen) atoms. The van der Waals surface area contributed by atoms with Crippen molar-refractivity contribution in [1.82, 2.24) is 0 Å². The van der Waals surface area contributed by atoms with E-state index in [1.54, 1.807) is 0 Å². The van der Waals surface area contributed by atoms with Gasteiger partial charge in [0.15, 0.2) is 0 Å². The lowest BCUT2D eigenvalue weighted by molar-refractivity contribution is 0.358. The Kier molecular flexibility index (Phi) is 3.81. The molecule has 0 unspecified atom stereocenters. The predicted octanol–water partition coefficient (Wildman–Crippen LogP) is 3.16. The zero-order valence-electron chi connectivity index (χ0n) is 8.47. The van der Waals surface area contributed by atoms with E-state index in [1.807, 2.05) is 6.07 Å². The largest absolute Gasteiger partial charge is 0.493 e. The Labute approximate surface area is 80.7 Å². The van der Waals surface area contributed by atoms with Crippen LogP contribution in [0.2, 0.25) is 0 Å². The van der Waals surface area contributed by atoms with Gasteiger partial charge in [0.25, 0.3) is 0 Å². The summed E-state index contributed by atoms with van der Waals surface area (Å²) in [6.07, 6.45) is 2.33. The molecule has 0 aliphatic rings. The fourth-order valence-electron chi connectivity index (χ4n) is 1.43. The van der Waals surface area contributed by atoms with Crippen LogP contribution in [0, 0.1) is 13.8 Å². The molecule has 0 saturated carbocycles. The van der Waals surface area contributed by atoms with Crippen LogP contribution in [0.3, 0.4) is 0 Å². The molecule has 0 saturated heterocycles. The minimum Gasteiger partial charge on any atom is -0.493 e. The summed E-state index contributed by atoms with van der Waals surface area (Å²) in [5.41, 5.74) is 2.59. The molecule has 1 aromatic rings. The van der Waals surface area contributed by atoms with E-state index in [2.05, 4.69) is 32.9 Å². The van der Waals surface area contributed by atoms with Crippen LogP contribution in [0.1, 0.15) is 24.5 Å². The summed E-state index contributed by atoms with van der Waals surface area (Å²) in [6, 6.07) is 6.35. The third-order valence-corrected chi connectivity index (χ3v) is 2.04. The van der Waals surface area contributed by atoms with Crippen LogP contribution in [-0.4, -0.2) is 6.61 Å². The number of hydrogen-bond donors (Lipinski definition) is 0. The van der Waals surface area contributed by atoms with Crippen molar-refractivity contribution in [3.05, 3.63) is 36.2 Å². The van der Waals surface area contributed by atoms with Crippen LogP contribution in [0.5, 0.6) is 5.75 Å². The molecule has 0 amide bonds. The number of rotatable bonds is 4.